The van der Waals surface area contributed by atoms with Gasteiger partial charge in [0.05, 0.1) is 19.0 Å². The van der Waals surface area contributed by atoms with Crippen molar-refractivity contribution in [2.45, 2.75) is 25.7 Å². The van der Waals surface area contributed by atoms with Crippen LogP contribution in [0.3, 0.4) is 0 Å². The molecule has 2 N–H and O–H groups in total. The fourth-order valence-corrected chi connectivity index (χ4v) is 2.19. The summed E-state index contributed by atoms with van der Waals surface area (Å²) in [4.78, 5) is 7.65. The molecule has 1 saturated carbocycles. The number of anilines is 1. The molecule has 1 aromatic rings. The Bertz CT molecular complexity index is 336. The normalized spacial score (nSPS) is 18.6. The first-order valence-electron chi connectivity index (χ1n) is 5.56. The third-order valence-corrected chi connectivity index (χ3v) is 3.24. The number of hydrogen-bond acceptors (Lipinski definition) is 4. The summed E-state index contributed by atoms with van der Waals surface area (Å²) in [5.41, 5.74) is -0.0439. The average Bonchev–Trinajstić information content (AvgIpc) is 2.78. The Morgan fingerprint density at radius 2 is 1.94 bits per heavy atom. The molecule has 5 heteroatoms. The standard InChI is InChI=1S/C11H16FN3O/c12-9-5-13-10(14-6-9)15-7-11(8-16)3-1-2-4-11/h5-6,16H,1-4,7-8H2,(H,13,14,15). The molecule has 1 aliphatic carbocycles. The summed E-state index contributed by atoms with van der Waals surface area (Å²) in [5.74, 6) is -0.0237. The third kappa shape index (κ3) is 2.47. The lowest BCUT2D eigenvalue weighted by Gasteiger charge is -2.26. The molecule has 0 atom stereocenters. The molecule has 0 amide bonds. The van der Waals surface area contributed by atoms with E-state index in [0.29, 0.717) is 12.5 Å². The summed E-state index contributed by atoms with van der Waals surface area (Å²) in [5, 5.41) is 12.5. The van der Waals surface area contributed by atoms with Crippen molar-refractivity contribution < 1.29 is 9.50 Å². The van der Waals surface area contributed by atoms with Crippen molar-refractivity contribution >= 4 is 5.95 Å². The molecule has 1 fully saturated rings. The van der Waals surface area contributed by atoms with Crippen LogP contribution in [0.2, 0.25) is 0 Å². The quantitative estimate of drug-likeness (QED) is 0.816. The van der Waals surface area contributed by atoms with Crippen molar-refractivity contribution in [1.82, 2.24) is 9.97 Å². The van der Waals surface area contributed by atoms with Crippen molar-refractivity contribution in [2.24, 2.45) is 5.41 Å². The Balaban J connectivity index is 1.93. The number of halogens is 1. The zero-order chi connectivity index (χ0) is 11.4. The first-order chi connectivity index (χ1) is 7.74. The Morgan fingerprint density at radius 1 is 1.31 bits per heavy atom. The van der Waals surface area contributed by atoms with E-state index in [4.69, 9.17) is 0 Å². The maximum atomic E-state index is 12.6. The molecule has 2 rings (SSSR count). The van der Waals surface area contributed by atoms with Gasteiger partial charge in [-0.1, -0.05) is 12.8 Å². The van der Waals surface area contributed by atoms with Crippen LogP contribution in [0.15, 0.2) is 12.4 Å². The first kappa shape index (κ1) is 11.3. The Morgan fingerprint density at radius 3 is 2.50 bits per heavy atom. The van der Waals surface area contributed by atoms with Gasteiger partial charge < -0.3 is 10.4 Å². The van der Waals surface area contributed by atoms with E-state index >= 15 is 0 Å². The molecule has 0 unspecified atom stereocenters. The van der Waals surface area contributed by atoms with Crippen LogP contribution in [0.4, 0.5) is 10.3 Å². The largest absolute Gasteiger partial charge is 0.396 e. The van der Waals surface area contributed by atoms with Crippen LogP contribution in [-0.4, -0.2) is 28.2 Å². The van der Waals surface area contributed by atoms with E-state index in [2.05, 4.69) is 15.3 Å². The van der Waals surface area contributed by atoms with Crippen LogP contribution < -0.4 is 5.32 Å². The molecular formula is C11H16FN3O. The van der Waals surface area contributed by atoms with Gasteiger partial charge in [-0.3, -0.25) is 0 Å². The van der Waals surface area contributed by atoms with Gasteiger partial charge in [0.15, 0.2) is 5.82 Å². The SMILES string of the molecule is OCC1(CNc2ncc(F)cn2)CCCC1. The lowest BCUT2D eigenvalue weighted by atomic mass is 9.87. The van der Waals surface area contributed by atoms with Gasteiger partial charge in [0.1, 0.15) is 0 Å². The lowest BCUT2D eigenvalue weighted by Crippen LogP contribution is -2.31. The van der Waals surface area contributed by atoms with Gasteiger partial charge in [0, 0.05) is 12.0 Å². The van der Waals surface area contributed by atoms with Gasteiger partial charge in [0.2, 0.25) is 5.95 Å². The second-order valence-electron chi connectivity index (χ2n) is 4.44. The summed E-state index contributed by atoms with van der Waals surface area (Å²) in [6.07, 6.45) is 6.64. The molecular weight excluding hydrogens is 209 g/mol. The monoisotopic (exact) mass is 225 g/mol. The molecule has 0 aliphatic heterocycles. The minimum Gasteiger partial charge on any atom is -0.396 e. The average molecular weight is 225 g/mol. The Hall–Kier alpha value is -1.23. The number of nitrogens with zero attached hydrogens (tertiary/aromatic N) is 2. The van der Waals surface area contributed by atoms with Crippen molar-refractivity contribution in [3.8, 4) is 0 Å². The molecule has 0 bridgehead atoms. The van der Waals surface area contributed by atoms with E-state index < -0.39 is 5.82 Å². The van der Waals surface area contributed by atoms with Crippen LogP contribution in [0.1, 0.15) is 25.7 Å². The molecule has 1 heterocycles. The van der Waals surface area contributed by atoms with Gasteiger partial charge in [-0.15, -0.1) is 0 Å². The van der Waals surface area contributed by atoms with E-state index in [9.17, 15) is 9.50 Å². The van der Waals surface area contributed by atoms with E-state index in [-0.39, 0.29) is 12.0 Å². The summed E-state index contributed by atoms with van der Waals surface area (Å²) in [6.45, 7) is 0.830. The number of rotatable bonds is 4. The van der Waals surface area contributed by atoms with Crippen molar-refractivity contribution in [1.29, 1.82) is 0 Å². The van der Waals surface area contributed by atoms with Crippen LogP contribution in [0.5, 0.6) is 0 Å². The molecule has 0 spiro atoms. The highest BCUT2D eigenvalue weighted by Gasteiger charge is 2.33. The fraction of sp³-hybridized carbons (Fsp3) is 0.636. The van der Waals surface area contributed by atoms with Gasteiger partial charge >= 0.3 is 0 Å². The highest BCUT2D eigenvalue weighted by atomic mass is 19.1. The molecule has 4 nitrogen and oxygen atoms in total. The van der Waals surface area contributed by atoms with Crippen LogP contribution >= 0.6 is 0 Å². The number of hydrogen-bond donors (Lipinski definition) is 2. The van der Waals surface area contributed by atoms with Gasteiger partial charge in [-0.25, -0.2) is 14.4 Å². The maximum Gasteiger partial charge on any atom is 0.222 e. The number of nitrogens with one attached hydrogen (secondary N) is 1. The number of aliphatic hydroxyl groups is 1. The lowest BCUT2D eigenvalue weighted by molar-refractivity contribution is 0.142. The number of aliphatic hydroxyl groups excluding tert-OH is 1. The summed E-state index contributed by atoms with van der Waals surface area (Å²) in [6, 6.07) is 0. The highest BCUT2D eigenvalue weighted by molar-refractivity contribution is 5.23. The van der Waals surface area contributed by atoms with Crippen molar-refractivity contribution in [2.75, 3.05) is 18.5 Å². The minimum absolute atomic E-state index is 0.0439. The van der Waals surface area contributed by atoms with E-state index in [0.717, 1.165) is 38.1 Å². The van der Waals surface area contributed by atoms with Crippen LogP contribution in [0.25, 0.3) is 0 Å². The smallest absolute Gasteiger partial charge is 0.222 e. The minimum atomic E-state index is -0.441. The summed E-state index contributed by atoms with van der Waals surface area (Å²) in [7, 11) is 0. The summed E-state index contributed by atoms with van der Waals surface area (Å²) >= 11 is 0. The molecule has 16 heavy (non-hydrogen) atoms. The van der Waals surface area contributed by atoms with Crippen LogP contribution in [-0.2, 0) is 0 Å². The zero-order valence-electron chi connectivity index (χ0n) is 9.12. The molecule has 0 saturated heterocycles. The van der Waals surface area contributed by atoms with Crippen molar-refractivity contribution in [3.63, 3.8) is 0 Å². The van der Waals surface area contributed by atoms with Gasteiger partial charge in [0.25, 0.3) is 0 Å². The maximum absolute atomic E-state index is 12.6. The highest BCUT2D eigenvalue weighted by Crippen LogP contribution is 2.37. The zero-order valence-corrected chi connectivity index (χ0v) is 9.12. The second-order valence-corrected chi connectivity index (χ2v) is 4.44. The molecule has 0 radical (unpaired) electrons. The van der Waals surface area contributed by atoms with E-state index in [1.807, 2.05) is 0 Å². The Labute approximate surface area is 93.9 Å². The topological polar surface area (TPSA) is 58.0 Å². The van der Waals surface area contributed by atoms with Crippen LogP contribution in [0, 0.1) is 11.2 Å². The predicted octanol–water partition coefficient (Wildman–Crippen LogP) is 1.58. The van der Waals surface area contributed by atoms with Crippen molar-refractivity contribution in [3.05, 3.63) is 18.2 Å². The van der Waals surface area contributed by atoms with E-state index in [1.54, 1.807) is 0 Å². The molecule has 0 aromatic carbocycles. The Kier molecular flexibility index (Phi) is 3.33. The predicted molar refractivity (Wildman–Crippen MR) is 58.5 cm³/mol. The first-order valence-corrected chi connectivity index (χ1v) is 5.56. The summed E-state index contributed by atoms with van der Waals surface area (Å²) < 4.78 is 12.6. The molecule has 88 valence electrons. The molecule has 1 aromatic heterocycles. The van der Waals surface area contributed by atoms with E-state index in [1.165, 1.54) is 0 Å². The third-order valence-electron chi connectivity index (χ3n) is 3.24. The fourth-order valence-electron chi connectivity index (χ4n) is 2.19. The van der Waals surface area contributed by atoms with Gasteiger partial charge in [-0.05, 0) is 12.8 Å². The second kappa shape index (κ2) is 4.74. The number of aromatic nitrogens is 2. The van der Waals surface area contributed by atoms with Gasteiger partial charge in [-0.2, -0.15) is 0 Å². The molecule has 1 aliphatic rings.